The minimum Gasteiger partial charge on any atom is -0.323 e. The summed E-state index contributed by atoms with van der Waals surface area (Å²) in [5, 5.41) is 0. The number of nitrogens with two attached hydrogens (primary N) is 1. The lowest BCUT2D eigenvalue weighted by Gasteiger charge is -2.11. The van der Waals surface area contributed by atoms with Crippen LogP contribution in [0.25, 0.3) is 0 Å². The largest absolute Gasteiger partial charge is 0.323 e. The molecule has 0 fully saturated rings. The molecule has 0 saturated heterocycles. The Morgan fingerprint density at radius 3 is 2.62 bits per heavy atom. The molecule has 2 N–H and O–H groups in total. The van der Waals surface area contributed by atoms with Crippen LogP contribution in [0.4, 0.5) is 0 Å². The minimum atomic E-state index is 0.0404. The maximum Gasteiger partial charge on any atom is 0.0931 e. The second-order valence-electron chi connectivity index (χ2n) is 3.88. The first-order valence-electron chi connectivity index (χ1n) is 5.22. The average Bonchev–Trinajstić information content (AvgIpc) is 2.68. The lowest BCUT2D eigenvalue weighted by atomic mass is 10.0. The SMILES string of the molecule is Cc1ccccc1CC(N)c1ccc(Cl)s1. The molecule has 84 valence electrons. The molecular weight excluding hydrogens is 238 g/mol. The van der Waals surface area contributed by atoms with Gasteiger partial charge in [0, 0.05) is 10.9 Å². The number of aryl methyl sites for hydroxylation is 1. The Morgan fingerprint density at radius 1 is 1.25 bits per heavy atom. The van der Waals surface area contributed by atoms with E-state index in [1.165, 1.54) is 11.1 Å². The molecule has 1 aromatic carbocycles. The van der Waals surface area contributed by atoms with E-state index < -0.39 is 0 Å². The van der Waals surface area contributed by atoms with Crippen LogP contribution in [0.1, 0.15) is 22.0 Å². The van der Waals surface area contributed by atoms with E-state index in [4.69, 9.17) is 17.3 Å². The summed E-state index contributed by atoms with van der Waals surface area (Å²) in [5.41, 5.74) is 8.76. The van der Waals surface area contributed by atoms with E-state index in [0.717, 1.165) is 15.6 Å². The molecule has 0 radical (unpaired) electrons. The summed E-state index contributed by atoms with van der Waals surface area (Å²) >= 11 is 7.46. The average molecular weight is 252 g/mol. The lowest BCUT2D eigenvalue weighted by molar-refractivity contribution is 0.733. The summed E-state index contributed by atoms with van der Waals surface area (Å²) in [6.45, 7) is 2.11. The van der Waals surface area contributed by atoms with Crippen LogP contribution in [0.2, 0.25) is 4.34 Å². The van der Waals surface area contributed by atoms with Crippen molar-refractivity contribution in [3.63, 3.8) is 0 Å². The molecule has 0 aliphatic rings. The fourth-order valence-corrected chi connectivity index (χ4v) is 2.77. The van der Waals surface area contributed by atoms with Crippen LogP contribution < -0.4 is 5.73 Å². The topological polar surface area (TPSA) is 26.0 Å². The monoisotopic (exact) mass is 251 g/mol. The van der Waals surface area contributed by atoms with Crippen LogP contribution in [-0.4, -0.2) is 0 Å². The first-order chi connectivity index (χ1) is 7.66. The molecule has 1 aromatic heterocycles. The molecular formula is C13H14ClNS. The Balaban J connectivity index is 2.13. The van der Waals surface area contributed by atoms with Crippen molar-refractivity contribution < 1.29 is 0 Å². The third-order valence-electron chi connectivity index (χ3n) is 2.66. The van der Waals surface area contributed by atoms with E-state index in [0.29, 0.717) is 0 Å². The van der Waals surface area contributed by atoms with Gasteiger partial charge in [0.2, 0.25) is 0 Å². The maximum absolute atomic E-state index is 6.16. The number of rotatable bonds is 3. The maximum atomic E-state index is 6.16. The normalized spacial score (nSPS) is 12.7. The van der Waals surface area contributed by atoms with Crippen molar-refractivity contribution in [3.05, 3.63) is 56.7 Å². The van der Waals surface area contributed by atoms with Crippen molar-refractivity contribution in [2.75, 3.05) is 0 Å². The van der Waals surface area contributed by atoms with Crippen molar-refractivity contribution in [2.45, 2.75) is 19.4 Å². The zero-order chi connectivity index (χ0) is 11.5. The Bertz CT molecular complexity index is 478. The molecule has 2 aromatic rings. The Kier molecular flexibility index (Phi) is 3.64. The molecule has 1 nitrogen and oxygen atoms in total. The van der Waals surface area contributed by atoms with Crippen LogP contribution in [0, 0.1) is 6.92 Å². The molecule has 0 aliphatic carbocycles. The summed E-state index contributed by atoms with van der Waals surface area (Å²) < 4.78 is 0.801. The molecule has 0 bridgehead atoms. The molecule has 0 spiro atoms. The predicted molar refractivity (Wildman–Crippen MR) is 71.1 cm³/mol. The molecule has 1 atom stereocenters. The number of benzene rings is 1. The van der Waals surface area contributed by atoms with E-state index in [1.54, 1.807) is 11.3 Å². The quantitative estimate of drug-likeness (QED) is 0.878. The van der Waals surface area contributed by atoms with Gasteiger partial charge >= 0.3 is 0 Å². The van der Waals surface area contributed by atoms with Gasteiger partial charge in [-0.25, -0.2) is 0 Å². The Hall–Kier alpha value is -0.830. The van der Waals surface area contributed by atoms with Gasteiger partial charge in [0.1, 0.15) is 0 Å². The zero-order valence-corrected chi connectivity index (χ0v) is 10.7. The Labute approximate surface area is 105 Å². The summed E-state index contributed by atoms with van der Waals surface area (Å²) in [7, 11) is 0. The fraction of sp³-hybridized carbons (Fsp3) is 0.231. The highest BCUT2D eigenvalue weighted by molar-refractivity contribution is 7.16. The highest BCUT2D eigenvalue weighted by Crippen LogP contribution is 2.28. The highest BCUT2D eigenvalue weighted by Gasteiger charge is 2.10. The van der Waals surface area contributed by atoms with Crippen molar-refractivity contribution in [3.8, 4) is 0 Å². The standard InChI is InChI=1S/C13H14ClNS/c1-9-4-2-3-5-10(9)8-11(15)12-6-7-13(14)16-12/h2-7,11H,8,15H2,1H3. The summed E-state index contributed by atoms with van der Waals surface area (Å²) in [6, 6.07) is 12.3. The van der Waals surface area contributed by atoms with Gasteiger partial charge in [0.15, 0.2) is 0 Å². The smallest absolute Gasteiger partial charge is 0.0931 e. The van der Waals surface area contributed by atoms with Gasteiger partial charge in [-0.05, 0) is 36.6 Å². The van der Waals surface area contributed by atoms with Crippen molar-refractivity contribution in [2.24, 2.45) is 5.73 Å². The molecule has 0 aliphatic heterocycles. The first kappa shape index (κ1) is 11.6. The van der Waals surface area contributed by atoms with Crippen LogP contribution in [0.3, 0.4) is 0 Å². The van der Waals surface area contributed by atoms with Crippen molar-refractivity contribution in [1.29, 1.82) is 0 Å². The van der Waals surface area contributed by atoms with Crippen LogP contribution in [0.5, 0.6) is 0 Å². The van der Waals surface area contributed by atoms with Gasteiger partial charge in [-0.3, -0.25) is 0 Å². The molecule has 0 amide bonds. The highest BCUT2D eigenvalue weighted by atomic mass is 35.5. The number of hydrogen-bond acceptors (Lipinski definition) is 2. The third kappa shape index (κ3) is 2.64. The Morgan fingerprint density at radius 2 is 2.00 bits per heavy atom. The first-order valence-corrected chi connectivity index (χ1v) is 6.41. The van der Waals surface area contributed by atoms with Crippen molar-refractivity contribution in [1.82, 2.24) is 0 Å². The predicted octanol–water partition coefficient (Wildman–Crippen LogP) is 3.95. The molecule has 1 heterocycles. The molecule has 0 saturated carbocycles. The van der Waals surface area contributed by atoms with Gasteiger partial charge in [0.05, 0.1) is 4.34 Å². The van der Waals surface area contributed by atoms with Crippen LogP contribution in [0.15, 0.2) is 36.4 Å². The van der Waals surface area contributed by atoms with E-state index in [1.807, 2.05) is 18.2 Å². The summed E-state index contributed by atoms with van der Waals surface area (Å²) in [5.74, 6) is 0. The summed E-state index contributed by atoms with van der Waals surface area (Å²) in [4.78, 5) is 1.15. The molecule has 16 heavy (non-hydrogen) atoms. The molecule has 3 heteroatoms. The van der Waals surface area contributed by atoms with Crippen molar-refractivity contribution >= 4 is 22.9 Å². The van der Waals surface area contributed by atoms with Crippen LogP contribution in [-0.2, 0) is 6.42 Å². The van der Waals surface area contributed by atoms with E-state index in [2.05, 4.69) is 25.1 Å². The van der Waals surface area contributed by atoms with E-state index >= 15 is 0 Å². The van der Waals surface area contributed by atoms with Gasteiger partial charge in [-0.15, -0.1) is 11.3 Å². The van der Waals surface area contributed by atoms with Gasteiger partial charge in [0.25, 0.3) is 0 Å². The fourth-order valence-electron chi connectivity index (χ4n) is 1.70. The summed E-state index contributed by atoms with van der Waals surface area (Å²) in [6.07, 6.45) is 0.865. The van der Waals surface area contributed by atoms with Gasteiger partial charge in [-0.1, -0.05) is 35.9 Å². The number of halogens is 1. The van der Waals surface area contributed by atoms with E-state index in [-0.39, 0.29) is 6.04 Å². The zero-order valence-electron chi connectivity index (χ0n) is 9.11. The van der Waals surface area contributed by atoms with Crippen LogP contribution >= 0.6 is 22.9 Å². The number of thiophene rings is 1. The minimum absolute atomic E-state index is 0.0404. The molecule has 2 rings (SSSR count). The lowest BCUT2D eigenvalue weighted by Crippen LogP contribution is -2.12. The molecule has 1 unspecified atom stereocenters. The second kappa shape index (κ2) is 5.00. The third-order valence-corrected chi connectivity index (χ3v) is 4.02. The second-order valence-corrected chi connectivity index (χ2v) is 5.63. The van der Waals surface area contributed by atoms with Gasteiger partial charge < -0.3 is 5.73 Å². The van der Waals surface area contributed by atoms with Gasteiger partial charge in [-0.2, -0.15) is 0 Å². The van der Waals surface area contributed by atoms with E-state index in [9.17, 15) is 0 Å². The number of hydrogen-bond donors (Lipinski definition) is 1.